The number of pyridine rings is 1. The van der Waals surface area contributed by atoms with Crippen LogP contribution in [0.3, 0.4) is 0 Å². The molecule has 1 N–H and O–H groups in total. The normalized spacial score (nSPS) is 15.7. The second-order valence-corrected chi connectivity index (χ2v) is 9.76. The van der Waals surface area contributed by atoms with E-state index in [1.807, 2.05) is 18.7 Å². The Morgan fingerprint density at radius 2 is 1.93 bits per heavy atom. The smallest absolute Gasteiger partial charge is 0.387 e. The van der Waals surface area contributed by atoms with Gasteiger partial charge in [0.25, 0.3) is 5.56 Å². The third kappa shape index (κ3) is 5.24. The second-order valence-electron chi connectivity index (χ2n) is 9.76. The number of fused-ring (bicyclic) bond motifs is 1. The largest absolute Gasteiger partial charge is 0.434 e. The van der Waals surface area contributed by atoms with Gasteiger partial charge in [-0.2, -0.15) is 8.78 Å². The minimum absolute atomic E-state index is 0.0332. The number of aromatic nitrogens is 5. The van der Waals surface area contributed by atoms with Gasteiger partial charge in [0, 0.05) is 56.2 Å². The van der Waals surface area contributed by atoms with Gasteiger partial charge in [-0.25, -0.2) is 15.0 Å². The van der Waals surface area contributed by atoms with Gasteiger partial charge in [-0.15, -0.1) is 0 Å². The summed E-state index contributed by atoms with van der Waals surface area (Å²) >= 11 is 0. The fourth-order valence-corrected chi connectivity index (χ4v) is 4.97. The first-order valence-corrected chi connectivity index (χ1v) is 12.7. The van der Waals surface area contributed by atoms with E-state index in [0.717, 1.165) is 5.56 Å². The molecule has 1 aliphatic rings. The summed E-state index contributed by atoms with van der Waals surface area (Å²) in [7, 11) is 1.60. The standard InChI is InChI=1S/C27H29F2N7O4/c1-16-4-7-22(40-26(28)29)18(10-16)14-36-24-20(25(39)33(36)3)5-6-21(32-24)19-11-30-27(31-12-19)35-9-8-34(13-17(35)2)23(38)15-37/h4-7,10-12,17,26,37H,8-9,13-15H2,1-3H3/t17-/m1/s1. The molecule has 4 heterocycles. The number of piperazine rings is 1. The lowest BCUT2D eigenvalue weighted by Crippen LogP contribution is -2.54. The lowest BCUT2D eigenvalue weighted by molar-refractivity contribution is -0.134. The predicted octanol–water partition coefficient (Wildman–Crippen LogP) is 2.18. The van der Waals surface area contributed by atoms with Gasteiger partial charge >= 0.3 is 6.61 Å². The van der Waals surface area contributed by atoms with Crippen molar-refractivity contribution in [1.29, 1.82) is 0 Å². The molecule has 1 amide bonds. The highest BCUT2D eigenvalue weighted by Crippen LogP contribution is 2.26. The number of halogens is 2. The van der Waals surface area contributed by atoms with E-state index in [9.17, 15) is 18.4 Å². The molecule has 210 valence electrons. The van der Waals surface area contributed by atoms with Gasteiger partial charge in [-0.3, -0.25) is 19.0 Å². The molecule has 0 spiro atoms. The van der Waals surface area contributed by atoms with Crippen LogP contribution in [0.15, 0.2) is 47.5 Å². The maximum absolute atomic E-state index is 13.0. The molecule has 0 bridgehead atoms. The van der Waals surface area contributed by atoms with Crippen LogP contribution in [0.2, 0.25) is 0 Å². The molecule has 5 rings (SSSR count). The van der Waals surface area contributed by atoms with Crippen molar-refractivity contribution in [3.63, 3.8) is 0 Å². The van der Waals surface area contributed by atoms with E-state index in [4.69, 9.17) is 14.8 Å². The molecule has 40 heavy (non-hydrogen) atoms. The third-order valence-electron chi connectivity index (χ3n) is 7.06. The highest BCUT2D eigenvalue weighted by Gasteiger charge is 2.28. The van der Waals surface area contributed by atoms with Gasteiger partial charge < -0.3 is 19.6 Å². The molecular weight excluding hydrogens is 524 g/mol. The molecular formula is C27H29F2N7O4. The first-order valence-electron chi connectivity index (χ1n) is 12.7. The number of carbonyl (C=O) groups excluding carboxylic acids is 1. The number of nitrogens with zero attached hydrogens (tertiary/aromatic N) is 7. The topological polar surface area (TPSA) is 119 Å². The first kappa shape index (κ1) is 27.2. The summed E-state index contributed by atoms with van der Waals surface area (Å²) in [5.41, 5.74) is 2.64. The molecule has 11 nitrogen and oxygen atoms in total. The monoisotopic (exact) mass is 553 g/mol. The molecule has 0 unspecified atom stereocenters. The van der Waals surface area contributed by atoms with Crippen LogP contribution in [0.25, 0.3) is 22.3 Å². The van der Waals surface area contributed by atoms with E-state index in [1.54, 1.807) is 53.3 Å². The minimum Gasteiger partial charge on any atom is -0.434 e. The van der Waals surface area contributed by atoms with E-state index in [-0.39, 0.29) is 29.8 Å². The summed E-state index contributed by atoms with van der Waals surface area (Å²) in [5, 5.41) is 9.52. The number of aliphatic hydroxyl groups is 1. The number of hydrogen-bond acceptors (Lipinski definition) is 8. The fourth-order valence-electron chi connectivity index (χ4n) is 4.97. The number of ether oxygens (including phenoxy) is 1. The number of rotatable bonds is 7. The highest BCUT2D eigenvalue weighted by atomic mass is 19.3. The molecule has 1 atom stereocenters. The molecule has 1 saturated heterocycles. The van der Waals surface area contributed by atoms with E-state index in [0.29, 0.717) is 53.4 Å². The Morgan fingerprint density at radius 1 is 1.18 bits per heavy atom. The summed E-state index contributed by atoms with van der Waals surface area (Å²) in [5.74, 6) is 0.241. The van der Waals surface area contributed by atoms with Crippen LogP contribution >= 0.6 is 0 Å². The Balaban J connectivity index is 1.44. The van der Waals surface area contributed by atoms with Crippen molar-refractivity contribution in [3.8, 4) is 17.0 Å². The molecule has 0 radical (unpaired) electrons. The van der Waals surface area contributed by atoms with Crippen molar-refractivity contribution in [2.45, 2.75) is 33.0 Å². The zero-order valence-corrected chi connectivity index (χ0v) is 22.3. The zero-order valence-electron chi connectivity index (χ0n) is 22.3. The zero-order chi connectivity index (χ0) is 28.6. The molecule has 4 aromatic rings. The molecule has 1 aromatic carbocycles. The summed E-state index contributed by atoms with van der Waals surface area (Å²) in [4.78, 5) is 42.2. The fraction of sp³-hybridized carbons (Fsp3) is 0.370. The van der Waals surface area contributed by atoms with E-state index in [1.165, 1.54) is 10.7 Å². The first-order chi connectivity index (χ1) is 19.2. The summed E-state index contributed by atoms with van der Waals surface area (Å²) in [6, 6.07) is 8.27. The van der Waals surface area contributed by atoms with Gasteiger partial charge in [-0.05, 0) is 32.0 Å². The lowest BCUT2D eigenvalue weighted by Gasteiger charge is -2.39. The average molecular weight is 554 g/mol. The van der Waals surface area contributed by atoms with Gasteiger partial charge in [0.15, 0.2) is 5.65 Å². The van der Waals surface area contributed by atoms with Crippen molar-refractivity contribution in [1.82, 2.24) is 29.2 Å². The predicted molar refractivity (Wildman–Crippen MR) is 143 cm³/mol. The van der Waals surface area contributed by atoms with E-state index in [2.05, 4.69) is 9.97 Å². The SMILES string of the molecule is Cc1ccc(OC(F)F)c(Cn2c3nc(-c4cnc(N5CCN(C(=O)CO)C[C@H]5C)nc4)ccc3c(=O)n2C)c1. The summed E-state index contributed by atoms with van der Waals surface area (Å²) in [6.45, 7) is 1.86. The molecule has 1 fully saturated rings. The third-order valence-corrected chi connectivity index (χ3v) is 7.06. The maximum Gasteiger partial charge on any atom is 0.387 e. The van der Waals surface area contributed by atoms with Crippen LogP contribution in [0.5, 0.6) is 5.75 Å². The lowest BCUT2D eigenvalue weighted by atomic mass is 10.1. The Hall–Kier alpha value is -4.39. The van der Waals surface area contributed by atoms with Crippen molar-refractivity contribution >= 4 is 22.9 Å². The summed E-state index contributed by atoms with van der Waals surface area (Å²) < 4.78 is 33.8. The quantitative estimate of drug-likeness (QED) is 0.370. The number of amides is 1. The van der Waals surface area contributed by atoms with Gasteiger partial charge in [0.2, 0.25) is 11.9 Å². The number of hydrogen-bond donors (Lipinski definition) is 1. The van der Waals surface area contributed by atoms with Gasteiger partial charge in [-0.1, -0.05) is 17.7 Å². The van der Waals surface area contributed by atoms with Crippen molar-refractivity contribution in [2.75, 3.05) is 31.1 Å². The van der Waals surface area contributed by atoms with Gasteiger partial charge in [0.05, 0.1) is 17.6 Å². The molecule has 13 heteroatoms. The molecule has 0 aliphatic carbocycles. The van der Waals surface area contributed by atoms with Crippen LogP contribution in [-0.4, -0.2) is 79.1 Å². The van der Waals surface area contributed by atoms with Crippen molar-refractivity contribution in [2.24, 2.45) is 7.05 Å². The van der Waals surface area contributed by atoms with Crippen LogP contribution in [-0.2, 0) is 18.4 Å². The Morgan fingerprint density at radius 3 is 2.60 bits per heavy atom. The minimum atomic E-state index is -2.98. The van der Waals surface area contributed by atoms with Crippen molar-refractivity contribution in [3.05, 3.63) is 64.2 Å². The Labute approximate surface area is 228 Å². The average Bonchev–Trinajstić information content (AvgIpc) is 3.18. The Kier molecular flexibility index (Phi) is 7.48. The number of alkyl halides is 2. The molecule has 3 aromatic heterocycles. The molecule has 0 saturated carbocycles. The van der Waals surface area contributed by atoms with Crippen LogP contribution in [0, 0.1) is 6.92 Å². The highest BCUT2D eigenvalue weighted by molar-refractivity contribution is 5.79. The van der Waals surface area contributed by atoms with E-state index < -0.39 is 13.2 Å². The number of aliphatic hydroxyl groups excluding tert-OH is 1. The van der Waals surface area contributed by atoms with Gasteiger partial charge in [0.1, 0.15) is 12.4 Å². The van der Waals surface area contributed by atoms with Crippen LogP contribution < -0.4 is 15.2 Å². The summed E-state index contributed by atoms with van der Waals surface area (Å²) in [6.07, 6.45) is 3.30. The maximum atomic E-state index is 13.0. The van der Waals surface area contributed by atoms with Crippen LogP contribution in [0.1, 0.15) is 18.1 Å². The second kappa shape index (κ2) is 11.0. The molecule has 1 aliphatic heterocycles. The number of anilines is 1. The number of aryl methyl sites for hydroxylation is 1. The van der Waals surface area contributed by atoms with E-state index >= 15 is 0 Å². The number of carbonyl (C=O) groups is 1. The Bertz CT molecular complexity index is 1600. The number of benzene rings is 1. The van der Waals surface area contributed by atoms with Crippen molar-refractivity contribution < 1.29 is 23.4 Å². The van der Waals surface area contributed by atoms with Crippen LogP contribution in [0.4, 0.5) is 14.7 Å².